The Balaban J connectivity index is 0.000000146. The lowest BCUT2D eigenvalue weighted by molar-refractivity contribution is -0.129. The third kappa shape index (κ3) is 16.5. The number of hydrogen-bond acceptors (Lipinski definition) is 21. The fourth-order valence-corrected chi connectivity index (χ4v) is 19.3. The van der Waals surface area contributed by atoms with E-state index in [2.05, 4.69) is 118 Å². The standard InChI is InChI=1S/C35H40N6O3.C32H38N8O2.C30H35FN6O3/c1-7-31(43)39-18-24(6)40(19-23(39)5)34-28-13-15-38(29-17-26(42)16-25-10-8-9-11-27(25)29)20-30(28)41(35(44)37-34)33-22(4)12-14-36-32(33)21(2)3;1-7-28(41)38-16-22(6)39(17-21(38)5)31-23-12-14-37(26-10-8-9-25-24(26)15-34-36-25)18-27(23)40(32(42)35-31)30-20(4)11-13-33-29(30)19(2)3;1-6-25(39)34-14-15-36(20(5)16-34)29-21-11-13-35(28-22(31)8-7-9-24(28)38)17-23(21)37(30(40)33-29)27-19(4)10-12-32-26(27)18(2)3/h7-12,14,16-17,21,23-24,42H,1,13,15,18-20H2,2-6H3;7-11,13,15,19,21-22H,1,12,14,16-18H2,2-6H3,(H,34,36);6-10,12,18,20,38H,1,11,13-17H2,2-5H3/t23-,24+;21-,22+;20-/m110/s1. The lowest BCUT2D eigenvalue weighted by Crippen LogP contribution is -2.58. The topological polar surface area (TPSA) is 293 Å². The van der Waals surface area contributed by atoms with Crippen molar-refractivity contribution in [2.24, 2.45) is 0 Å². The minimum atomic E-state index is -0.524. The summed E-state index contributed by atoms with van der Waals surface area (Å²) in [4.78, 5) is 126. The molecule has 0 spiro atoms. The van der Waals surface area contributed by atoms with Gasteiger partial charge in [0.15, 0.2) is 0 Å². The van der Waals surface area contributed by atoms with Gasteiger partial charge in [-0.3, -0.25) is 48.1 Å². The lowest BCUT2D eigenvalue weighted by Gasteiger charge is -2.45. The highest BCUT2D eigenvalue weighted by Crippen LogP contribution is 2.43. The van der Waals surface area contributed by atoms with Crippen LogP contribution in [0.5, 0.6) is 11.5 Å². The number of carbonyl (C=O) groups excluding carboxylic acids is 3. The first-order chi connectivity index (χ1) is 60.4. The van der Waals surface area contributed by atoms with Crippen LogP contribution in [0.2, 0.25) is 0 Å². The molecule has 6 aliphatic rings. The van der Waals surface area contributed by atoms with Gasteiger partial charge in [0, 0.05) is 159 Å². The Bertz CT molecular complexity index is 6270. The first-order valence-electron chi connectivity index (χ1n) is 43.7. The molecule has 0 bridgehead atoms. The maximum atomic E-state index is 15.0. The van der Waals surface area contributed by atoms with Crippen molar-refractivity contribution in [3.8, 4) is 28.6 Å². The molecule has 4 aromatic carbocycles. The second-order valence-corrected chi connectivity index (χ2v) is 35.0. The van der Waals surface area contributed by atoms with Crippen molar-refractivity contribution >= 4 is 73.9 Å². The van der Waals surface area contributed by atoms with E-state index in [4.69, 9.17) is 19.9 Å². The van der Waals surface area contributed by atoms with Crippen molar-refractivity contribution in [1.82, 2.24) is 68.5 Å². The highest BCUT2D eigenvalue weighted by molar-refractivity contribution is 5.96. The second-order valence-electron chi connectivity index (χ2n) is 35.0. The zero-order chi connectivity index (χ0) is 89.7. The number of pyridine rings is 3. The van der Waals surface area contributed by atoms with Gasteiger partial charge in [-0.25, -0.2) is 18.8 Å². The number of carbonyl (C=O) groups is 3. The van der Waals surface area contributed by atoms with E-state index in [0.717, 1.165) is 125 Å². The average molecular weight is 1710 g/mol. The largest absolute Gasteiger partial charge is 0.508 e. The Hall–Kier alpha value is -13.3. The predicted molar refractivity (Wildman–Crippen MR) is 493 cm³/mol. The van der Waals surface area contributed by atoms with Gasteiger partial charge in [-0.15, -0.1) is 0 Å². The van der Waals surface area contributed by atoms with Crippen LogP contribution in [0.4, 0.5) is 38.9 Å². The number of aromatic nitrogens is 11. The third-order valence-corrected chi connectivity index (χ3v) is 25.6. The summed E-state index contributed by atoms with van der Waals surface area (Å²) in [7, 11) is 0. The van der Waals surface area contributed by atoms with Crippen LogP contribution in [0.25, 0.3) is 38.7 Å². The number of anilines is 6. The molecule has 17 rings (SSSR count). The number of H-pyrrole nitrogens is 1. The average Bonchev–Trinajstić information content (AvgIpc) is 0.803. The number of aromatic hydroxyl groups is 2. The van der Waals surface area contributed by atoms with Crippen molar-refractivity contribution in [3.05, 3.63) is 259 Å². The molecule has 0 radical (unpaired) electrons. The van der Waals surface area contributed by atoms with Gasteiger partial charge in [-0.1, -0.05) is 97.7 Å². The number of phenolic OH excluding ortho intramolecular Hbond substituents is 2. The number of nitrogens with one attached hydrogen (secondary N) is 1. The molecule has 0 unspecified atom stereocenters. The molecule has 11 aromatic rings. The van der Waals surface area contributed by atoms with Gasteiger partial charge in [0.2, 0.25) is 17.7 Å². The maximum absolute atomic E-state index is 15.0. The number of rotatable bonds is 15. The quantitative estimate of drug-likeness (QED) is 0.0804. The van der Waals surface area contributed by atoms with Crippen molar-refractivity contribution in [1.29, 1.82) is 0 Å². The number of para-hydroxylation sites is 1. The van der Waals surface area contributed by atoms with Gasteiger partial charge >= 0.3 is 17.1 Å². The van der Waals surface area contributed by atoms with E-state index in [1.807, 2.05) is 137 Å². The summed E-state index contributed by atoms with van der Waals surface area (Å²) in [6.07, 6.45) is 13.1. The summed E-state index contributed by atoms with van der Waals surface area (Å²) in [6, 6.07) is 27.6. The normalized spacial score (nSPS) is 18.3. The molecule has 5 atom stereocenters. The number of nitrogens with zero attached hydrogens (tertiary/aromatic N) is 19. The third-order valence-electron chi connectivity index (χ3n) is 25.6. The fraction of sp³-hybridized carbons (Fsp3) is 0.392. The molecule has 3 fully saturated rings. The van der Waals surface area contributed by atoms with Crippen molar-refractivity contribution in [2.45, 2.75) is 184 Å². The molecule has 0 saturated carbocycles. The molecule has 28 nitrogen and oxygen atoms in total. The molecular formula is C97H113FN20O8. The maximum Gasteiger partial charge on any atom is 0.354 e. The number of benzene rings is 4. The Morgan fingerprint density at radius 3 is 1.37 bits per heavy atom. The monoisotopic (exact) mass is 1700 g/mol. The summed E-state index contributed by atoms with van der Waals surface area (Å²) >= 11 is 0. The zero-order valence-electron chi connectivity index (χ0n) is 74.5. The molecule has 7 aromatic heterocycles. The Morgan fingerprint density at radius 2 is 0.905 bits per heavy atom. The Labute approximate surface area is 733 Å². The van der Waals surface area contributed by atoms with Crippen molar-refractivity contribution in [3.63, 3.8) is 0 Å². The number of hydrogen-bond donors (Lipinski definition) is 3. The number of phenols is 2. The van der Waals surface area contributed by atoms with Gasteiger partial charge in [-0.2, -0.15) is 20.1 Å². The van der Waals surface area contributed by atoms with Gasteiger partial charge in [-0.05, 0) is 181 Å². The van der Waals surface area contributed by atoms with E-state index in [0.29, 0.717) is 108 Å². The van der Waals surface area contributed by atoms with E-state index in [1.165, 1.54) is 36.4 Å². The molecule has 13 heterocycles. The second kappa shape index (κ2) is 36.1. The highest BCUT2D eigenvalue weighted by Gasteiger charge is 2.41. The smallest absolute Gasteiger partial charge is 0.354 e. The summed E-state index contributed by atoms with van der Waals surface area (Å²) in [5.74, 6) is 1.53. The Morgan fingerprint density at radius 1 is 0.468 bits per heavy atom. The van der Waals surface area contributed by atoms with Gasteiger partial charge in [0.05, 0.1) is 82.6 Å². The number of fused-ring (bicyclic) bond motifs is 5. The number of amides is 3. The van der Waals surface area contributed by atoms with Crippen LogP contribution in [0.15, 0.2) is 168 Å². The minimum Gasteiger partial charge on any atom is -0.508 e. The molecule has 3 amide bonds. The Kier molecular flexibility index (Phi) is 25.1. The fourth-order valence-electron chi connectivity index (χ4n) is 19.3. The SMILES string of the molecule is C=CC(=O)N1CCN(c2nc(=O)n(-c3c(C)ccnc3C(C)C)c3c2CCN(c2c(O)cccc2F)C3)[C@@H](C)C1.C=CC(=O)N1C[C@H](C)N(c2nc(=O)n(-c3c(C)ccnc3C(C)C)c3c2CCN(c2cc(O)cc4ccccc24)C3)C[C@H]1C.C=CC(=O)N1C[C@H](C)N(c2nc(=O)n(-c3c(C)ccnc3C(C)C)c3c2CCN(c2cccc4[nH]ncc24)C3)C[C@H]1C. The molecule has 656 valence electrons. The first kappa shape index (κ1) is 87.6. The van der Waals surface area contributed by atoms with Crippen LogP contribution in [-0.4, -0.2) is 192 Å². The zero-order valence-corrected chi connectivity index (χ0v) is 74.5. The van der Waals surface area contributed by atoms with E-state index < -0.39 is 11.5 Å². The van der Waals surface area contributed by atoms with Crippen LogP contribution in [0.1, 0.15) is 161 Å². The van der Waals surface area contributed by atoms with Crippen molar-refractivity contribution in [2.75, 3.05) is 94.8 Å². The summed E-state index contributed by atoms with van der Waals surface area (Å²) in [6.45, 7) is 46.4. The molecule has 0 aliphatic carbocycles. The van der Waals surface area contributed by atoms with E-state index >= 15 is 0 Å². The van der Waals surface area contributed by atoms with Crippen LogP contribution in [0.3, 0.4) is 0 Å². The predicted octanol–water partition coefficient (Wildman–Crippen LogP) is 12.9. The molecule has 3 N–H and O–H groups in total. The molecular weight excluding hydrogens is 1590 g/mol. The van der Waals surface area contributed by atoms with Crippen LogP contribution in [0, 0.1) is 26.6 Å². The van der Waals surface area contributed by atoms with Gasteiger partial charge < -0.3 is 54.3 Å². The molecule has 3 saturated heterocycles. The molecule has 29 heteroatoms. The van der Waals surface area contributed by atoms with Gasteiger partial charge in [0.25, 0.3) is 0 Å². The number of aromatic amines is 1. The summed E-state index contributed by atoms with van der Waals surface area (Å²) < 4.78 is 20.2. The summed E-state index contributed by atoms with van der Waals surface area (Å²) in [5.41, 5.74) is 15.1. The molecule has 126 heavy (non-hydrogen) atoms. The summed E-state index contributed by atoms with van der Waals surface area (Å²) in [5, 5.41) is 31.6. The van der Waals surface area contributed by atoms with Gasteiger partial charge in [0.1, 0.15) is 40.5 Å². The van der Waals surface area contributed by atoms with Crippen LogP contribution < -0.4 is 46.5 Å². The number of halogens is 1. The number of aryl methyl sites for hydroxylation is 3. The lowest BCUT2D eigenvalue weighted by atomic mass is 9.98. The van der Waals surface area contributed by atoms with Crippen LogP contribution in [-0.2, 0) is 53.3 Å². The van der Waals surface area contributed by atoms with E-state index in [-0.39, 0.29) is 101 Å². The highest BCUT2D eigenvalue weighted by atomic mass is 19.1. The number of piperazine rings is 3. The first-order valence-corrected chi connectivity index (χ1v) is 43.7. The van der Waals surface area contributed by atoms with Crippen molar-refractivity contribution < 1.29 is 29.0 Å². The van der Waals surface area contributed by atoms with Crippen LogP contribution >= 0.6 is 0 Å². The van der Waals surface area contributed by atoms with E-state index in [9.17, 15) is 43.4 Å². The van der Waals surface area contributed by atoms with E-state index in [1.54, 1.807) is 37.4 Å². The minimum absolute atomic E-state index is 0.0130. The molecule has 6 aliphatic heterocycles.